The molecule has 0 radical (unpaired) electrons. The number of nitriles is 1. The van der Waals surface area contributed by atoms with Crippen molar-refractivity contribution in [1.82, 2.24) is 4.57 Å². The monoisotopic (exact) mass is 906 g/mol. The molecule has 0 N–H and O–H groups in total. The molecule has 0 bridgehead atoms. The van der Waals surface area contributed by atoms with Gasteiger partial charge in [-0.25, -0.2) is 0 Å². The van der Waals surface area contributed by atoms with Crippen molar-refractivity contribution in [3.05, 3.63) is 285 Å². The van der Waals surface area contributed by atoms with E-state index in [1.54, 1.807) is 0 Å². The maximum atomic E-state index is 9.77. The van der Waals surface area contributed by atoms with Crippen LogP contribution in [0, 0.1) is 11.3 Å². The quantitative estimate of drug-likeness (QED) is 0.130. The molecule has 0 aliphatic rings. The van der Waals surface area contributed by atoms with Gasteiger partial charge in [0.15, 0.2) is 0 Å². The lowest BCUT2D eigenvalue weighted by Crippen LogP contribution is -2.09. The molecule has 0 spiro atoms. The van der Waals surface area contributed by atoms with Gasteiger partial charge in [0.05, 0.1) is 22.7 Å². The fourth-order valence-corrected chi connectivity index (χ4v) is 9.97. The van der Waals surface area contributed by atoms with Crippen LogP contribution in [-0.2, 0) is 0 Å². The van der Waals surface area contributed by atoms with Crippen LogP contribution in [0.2, 0.25) is 0 Å². The fraction of sp³-hybridized carbons (Fsp3) is 0. The van der Waals surface area contributed by atoms with Gasteiger partial charge in [0, 0.05) is 50.6 Å². The summed E-state index contributed by atoms with van der Waals surface area (Å²) < 4.78 is 2.38. The normalized spacial score (nSPS) is 11.1. The standard InChI is InChI=1S/C67H46N4/c68-47-55-16-13-14-27-63(55)54-18-15-17-51(44-54)48-28-36-61(37-29-48)70(58-23-9-3-10-24-58)62-40-32-50(33-41-62)53-35-43-67-65(46-53)64-45-52(34-42-66(64)71(67)59-25-11-4-12-26-59)49-30-38-60(39-31-49)69(56-19-5-1-6-20-56)57-21-7-2-8-22-57/h1-46H. The van der Waals surface area contributed by atoms with E-state index in [-0.39, 0.29) is 0 Å². The summed E-state index contributed by atoms with van der Waals surface area (Å²) in [5.41, 5.74) is 19.5. The van der Waals surface area contributed by atoms with E-state index in [1.165, 1.54) is 21.9 Å². The summed E-state index contributed by atoms with van der Waals surface area (Å²) in [7, 11) is 0. The number of anilines is 6. The first-order chi connectivity index (χ1) is 35.2. The van der Waals surface area contributed by atoms with Crippen molar-refractivity contribution in [2.75, 3.05) is 9.80 Å². The largest absolute Gasteiger partial charge is 0.311 e. The highest BCUT2D eigenvalue weighted by atomic mass is 15.1. The molecule has 12 rings (SSSR count). The van der Waals surface area contributed by atoms with Crippen LogP contribution >= 0.6 is 0 Å². The van der Waals surface area contributed by atoms with Crippen molar-refractivity contribution >= 4 is 55.9 Å². The molecule has 0 aliphatic carbocycles. The van der Waals surface area contributed by atoms with Crippen LogP contribution < -0.4 is 9.80 Å². The summed E-state index contributed by atoms with van der Waals surface area (Å²) in [6.07, 6.45) is 0. The van der Waals surface area contributed by atoms with Crippen LogP contribution in [0.1, 0.15) is 5.56 Å². The van der Waals surface area contributed by atoms with E-state index in [0.717, 1.165) is 84.3 Å². The second-order valence-corrected chi connectivity index (χ2v) is 17.7. The third-order valence-corrected chi connectivity index (χ3v) is 13.4. The first-order valence-corrected chi connectivity index (χ1v) is 24.0. The van der Waals surface area contributed by atoms with Gasteiger partial charge >= 0.3 is 0 Å². The number of fused-ring (bicyclic) bond motifs is 3. The SMILES string of the molecule is N#Cc1ccccc1-c1cccc(-c2ccc(N(c3ccccc3)c3ccc(-c4ccc5c(c4)c4cc(-c6ccc(N(c7ccccc7)c7ccccc7)cc6)ccc4n5-c4ccccc4)cc3)cc2)c1. The second-order valence-electron chi connectivity index (χ2n) is 17.7. The Kier molecular flexibility index (Phi) is 11.3. The van der Waals surface area contributed by atoms with Crippen molar-refractivity contribution in [2.24, 2.45) is 0 Å². The average molecular weight is 907 g/mol. The van der Waals surface area contributed by atoms with Crippen LogP contribution in [-0.4, -0.2) is 4.57 Å². The maximum Gasteiger partial charge on any atom is 0.0998 e. The molecule has 334 valence electrons. The zero-order valence-electron chi connectivity index (χ0n) is 38.8. The van der Waals surface area contributed by atoms with Gasteiger partial charge in [0.25, 0.3) is 0 Å². The maximum absolute atomic E-state index is 9.77. The molecule has 0 amide bonds. The van der Waals surface area contributed by atoms with Crippen molar-refractivity contribution in [2.45, 2.75) is 0 Å². The van der Waals surface area contributed by atoms with E-state index in [9.17, 15) is 5.26 Å². The number of nitrogens with zero attached hydrogens (tertiary/aromatic N) is 4. The first-order valence-electron chi connectivity index (χ1n) is 24.0. The van der Waals surface area contributed by atoms with E-state index in [0.29, 0.717) is 5.56 Å². The zero-order chi connectivity index (χ0) is 47.5. The molecule has 0 aliphatic heterocycles. The number of hydrogen-bond donors (Lipinski definition) is 0. The molecular weight excluding hydrogens is 861 g/mol. The number of para-hydroxylation sites is 4. The minimum absolute atomic E-state index is 0.670. The van der Waals surface area contributed by atoms with Gasteiger partial charge in [-0.3, -0.25) is 0 Å². The summed E-state index contributed by atoms with van der Waals surface area (Å²) >= 11 is 0. The summed E-state index contributed by atoms with van der Waals surface area (Å²) in [5.74, 6) is 0. The van der Waals surface area contributed by atoms with Crippen molar-refractivity contribution in [3.8, 4) is 56.3 Å². The molecule has 4 heteroatoms. The topological polar surface area (TPSA) is 35.2 Å². The third-order valence-electron chi connectivity index (χ3n) is 13.4. The lowest BCUT2D eigenvalue weighted by Gasteiger charge is -2.26. The fourth-order valence-electron chi connectivity index (χ4n) is 9.97. The second kappa shape index (κ2) is 18.8. The summed E-state index contributed by atoms with van der Waals surface area (Å²) in [5, 5.41) is 12.2. The van der Waals surface area contributed by atoms with E-state index in [1.807, 2.05) is 24.3 Å². The highest BCUT2D eigenvalue weighted by Crippen LogP contribution is 2.41. The minimum Gasteiger partial charge on any atom is -0.311 e. The Balaban J connectivity index is 0.885. The average Bonchev–Trinajstić information content (AvgIpc) is 3.78. The molecule has 12 aromatic rings. The summed E-state index contributed by atoms with van der Waals surface area (Å²) in [6.45, 7) is 0. The van der Waals surface area contributed by atoms with Crippen LogP contribution in [0.3, 0.4) is 0 Å². The molecule has 4 nitrogen and oxygen atoms in total. The number of aromatic nitrogens is 1. The molecule has 1 heterocycles. The van der Waals surface area contributed by atoms with Gasteiger partial charge in [-0.05, 0) is 166 Å². The van der Waals surface area contributed by atoms with E-state index < -0.39 is 0 Å². The Morgan fingerprint density at radius 3 is 1.07 bits per heavy atom. The molecule has 0 unspecified atom stereocenters. The highest BCUT2D eigenvalue weighted by Gasteiger charge is 2.18. The molecule has 1 aromatic heterocycles. The molecule has 71 heavy (non-hydrogen) atoms. The van der Waals surface area contributed by atoms with Crippen molar-refractivity contribution in [1.29, 1.82) is 5.26 Å². The van der Waals surface area contributed by atoms with E-state index in [2.05, 4.69) is 275 Å². The van der Waals surface area contributed by atoms with Gasteiger partial charge in [0.2, 0.25) is 0 Å². The summed E-state index contributed by atoms with van der Waals surface area (Å²) in [4.78, 5) is 4.60. The van der Waals surface area contributed by atoms with Crippen molar-refractivity contribution in [3.63, 3.8) is 0 Å². The van der Waals surface area contributed by atoms with Crippen LogP contribution in [0.4, 0.5) is 34.1 Å². The Hall–Kier alpha value is -9.69. The number of benzene rings is 11. The number of rotatable bonds is 11. The van der Waals surface area contributed by atoms with Gasteiger partial charge in [-0.1, -0.05) is 158 Å². The summed E-state index contributed by atoms with van der Waals surface area (Å²) in [6, 6.07) is 101. The van der Waals surface area contributed by atoms with Gasteiger partial charge < -0.3 is 14.4 Å². The third kappa shape index (κ3) is 8.29. The van der Waals surface area contributed by atoms with Gasteiger partial charge in [-0.2, -0.15) is 5.26 Å². The lowest BCUT2D eigenvalue weighted by atomic mass is 9.96. The van der Waals surface area contributed by atoms with E-state index >= 15 is 0 Å². The minimum atomic E-state index is 0.670. The lowest BCUT2D eigenvalue weighted by molar-refractivity contribution is 1.18. The van der Waals surface area contributed by atoms with Gasteiger partial charge in [0.1, 0.15) is 0 Å². The Bertz CT molecular complexity index is 3800. The molecule has 0 saturated carbocycles. The molecular formula is C67H46N4. The molecule has 11 aromatic carbocycles. The van der Waals surface area contributed by atoms with Crippen LogP contribution in [0.15, 0.2) is 279 Å². The predicted octanol–water partition coefficient (Wildman–Crippen LogP) is 18.3. The number of hydrogen-bond acceptors (Lipinski definition) is 3. The Labute approximate surface area is 414 Å². The Morgan fingerprint density at radius 1 is 0.282 bits per heavy atom. The van der Waals surface area contributed by atoms with Gasteiger partial charge in [-0.15, -0.1) is 0 Å². The van der Waals surface area contributed by atoms with Crippen molar-refractivity contribution < 1.29 is 0 Å². The highest BCUT2D eigenvalue weighted by molar-refractivity contribution is 6.11. The predicted molar refractivity (Wildman–Crippen MR) is 297 cm³/mol. The molecule has 0 fully saturated rings. The first kappa shape index (κ1) is 42.6. The zero-order valence-corrected chi connectivity index (χ0v) is 38.8. The molecule has 0 atom stereocenters. The Morgan fingerprint density at radius 2 is 0.634 bits per heavy atom. The van der Waals surface area contributed by atoms with Crippen LogP contribution in [0.5, 0.6) is 0 Å². The van der Waals surface area contributed by atoms with Crippen LogP contribution in [0.25, 0.3) is 72.0 Å². The molecule has 0 saturated heterocycles. The van der Waals surface area contributed by atoms with E-state index in [4.69, 9.17) is 0 Å². The smallest absolute Gasteiger partial charge is 0.0998 e.